The standard InChI is InChI=1S/C17H14ClN3O3/c18-11-8-10(9-14-15(11)24-7-3-6-23-14)16(22)21-17-19-12-4-1-2-5-13(12)20-17/h1-2,4-5,8-9H,3,6-7H2,(H2,19,20,21,22). The van der Waals surface area contributed by atoms with Gasteiger partial charge in [0.25, 0.3) is 5.91 Å². The van der Waals surface area contributed by atoms with E-state index in [0.717, 1.165) is 17.5 Å². The van der Waals surface area contributed by atoms with Crippen LogP contribution in [0.3, 0.4) is 0 Å². The van der Waals surface area contributed by atoms with Crippen molar-refractivity contribution in [2.24, 2.45) is 0 Å². The first-order valence-corrected chi connectivity index (χ1v) is 7.94. The van der Waals surface area contributed by atoms with Gasteiger partial charge in [-0.3, -0.25) is 10.1 Å². The number of benzene rings is 2. The van der Waals surface area contributed by atoms with Crippen LogP contribution in [0.25, 0.3) is 11.0 Å². The number of aromatic nitrogens is 2. The van der Waals surface area contributed by atoms with Crippen molar-refractivity contribution in [1.29, 1.82) is 0 Å². The van der Waals surface area contributed by atoms with Gasteiger partial charge >= 0.3 is 0 Å². The van der Waals surface area contributed by atoms with Gasteiger partial charge in [0, 0.05) is 12.0 Å². The number of para-hydroxylation sites is 2. The molecule has 0 spiro atoms. The quantitative estimate of drug-likeness (QED) is 0.745. The lowest BCUT2D eigenvalue weighted by Gasteiger charge is -2.11. The van der Waals surface area contributed by atoms with Crippen LogP contribution in [-0.4, -0.2) is 29.1 Å². The second-order valence-corrected chi connectivity index (χ2v) is 5.80. The number of carbonyl (C=O) groups excluding carboxylic acids is 1. The highest BCUT2D eigenvalue weighted by Crippen LogP contribution is 2.38. The fourth-order valence-corrected chi connectivity index (χ4v) is 2.82. The number of hydrogen-bond donors (Lipinski definition) is 2. The van der Waals surface area contributed by atoms with Gasteiger partial charge in [-0.05, 0) is 24.3 Å². The number of amides is 1. The highest BCUT2D eigenvalue weighted by Gasteiger charge is 2.19. The van der Waals surface area contributed by atoms with E-state index in [-0.39, 0.29) is 5.91 Å². The molecule has 0 radical (unpaired) electrons. The monoisotopic (exact) mass is 343 g/mol. The number of carbonyl (C=O) groups is 1. The van der Waals surface area contributed by atoms with Crippen molar-refractivity contribution in [2.45, 2.75) is 6.42 Å². The lowest BCUT2D eigenvalue weighted by molar-refractivity contribution is 0.102. The first-order chi connectivity index (χ1) is 11.7. The van der Waals surface area contributed by atoms with Crippen LogP contribution in [-0.2, 0) is 0 Å². The minimum Gasteiger partial charge on any atom is -0.489 e. The van der Waals surface area contributed by atoms with Crippen molar-refractivity contribution in [3.05, 3.63) is 47.0 Å². The number of hydrogen-bond acceptors (Lipinski definition) is 4. The van der Waals surface area contributed by atoms with Crippen molar-refractivity contribution in [1.82, 2.24) is 9.97 Å². The normalized spacial score (nSPS) is 13.5. The van der Waals surface area contributed by atoms with Gasteiger partial charge in [0.1, 0.15) is 0 Å². The van der Waals surface area contributed by atoms with E-state index < -0.39 is 0 Å². The number of aromatic amines is 1. The number of rotatable bonds is 2. The molecule has 0 atom stereocenters. The first-order valence-electron chi connectivity index (χ1n) is 7.56. The van der Waals surface area contributed by atoms with Crippen LogP contribution >= 0.6 is 11.6 Å². The fourth-order valence-electron chi connectivity index (χ4n) is 2.55. The number of halogens is 1. The SMILES string of the molecule is O=C(Nc1nc2ccccc2[nH]1)c1cc(Cl)c2c(c1)OCCCO2. The molecule has 24 heavy (non-hydrogen) atoms. The van der Waals surface area contributed by atoms with Gasteiger partial charge in [0.15, 0.2) is 11.5 Å². The number of nitrogens with one attached hydrogen (secondary N) is 2. The Morgan fingerprint density at radius 3 is 2.92 bits per heavy atom. The molecule has 2 aromatic carbocycles. The van der Waals surface area contributed by atoms with Gasteiger partial charge in [0.05, 0.1) is 29.3 Å². The number of fused-ring (bicyclic) bond motifs is 2. The molecular weight excluding hydrogens is 330 g/mol. The highest BCUT2D eigenvalue weighted by atomic mass is 35.5. The largest absolute Gasteiger partial charge is 0.489 e. The third kappa shape index (κ3) is 2.76. The molecule has 1 aliphatic heterocycles. The Balaban J connectivity index is 1.62. The molecule has 0 bridgehead atoms. The summed E-state index contributed by atoms with van der Waals surface area (Å²) in [6.45, 7) is 1.06. The topological polar surface area (TPSA) is 76.2 Å². The summed E-state index contributed by atoms with van der Waals surface area (Å²) in [5.74, 6) is 1.01. The van der Waals surface area contributed by atoms with Crippen molar-refractivity contribution < 1.29 is 14.3 Å². The molecule has 7 heteroatoms. The number of anilines is 1. The average Bonchev–Trinajstić information content (AvgIpc) is 2.82. The summed E-state index contributed by atoms with van der Waals surface area (Å²) in [5.41, 5.74) is 2.01. The Kier molecular flexibility index (Phi) is 3.74. The third-order valence-corrected chi connectivity index (χ3v) is 3.97. The van der Waals surface area contributed by atoms with Gasteiger partial charge in [-0.25, -0.2) is 4.98 Å². The number of ether oxygens (including phenoxy) is 2. The van der Waals surface area contributed by atoms with E-state index >= 15 is 0 Å². The van der Waals surface area contributed by atoms with Crippen LogP contribution in [0.15, 0.2) is 36.4 Å². The molecule has 3 aromatic rings. The summed E-state index contributed by atoms with van der Waals surface area (Å²) >= 11 is 6.22. The molecule has 6 nitrogen and oxygen atoms in total. The molecule has 0 saturated heterocycles. The minimum absolute atomic E-state index is 0.327. The molecule has 0 saturated carbocycles. The van der Waals surface area contributed by atoms with Crippen LogP contribution in [0.4, 0.5) is 5.95 Å². The maximum absolute atomic E-state index is 12.5. The van der Waals surface area contributed by atoms with Gasteiger partial charge in [-0.2, -0.15) is 0 Å². The van der Waals surface area contributed by atoms with E-state index in [4.69, 9.17) is 21.1 Å². The summed E-state index contributed by atoms with van der Waals surface area (Å²) in [7, 11) is 0. The van der Waals surface area contributed by atoms with Crippen LogP contribution in [0.5, 0.6) is 11.5 Å². The number of imidazole rings is 1. The summed E-state index contributed by atoms with van der Waals surface area (Å²) in [6.07, 6.45) is 0.769. The zero-order valence-corrected chi connectivity index (χ0v) is 13.4. The van der Waals surface area contributed by atoms with E-state index in [1.54, 1.807) is 12.1 Å². The van der Waals surface area contributed by atoms with Crippen LogP contribution in [0.1, 0.15) is 16.8 Å². The molecule has 0 unspecified atom stereocenters. The second-order valence-electron chi connectivity index (χ2n) is 5.39. The zero-order chi connectivity index (χ0) is 16.5. The predicted molar refractivity (Wildman–Crippen MR) is 91.1 cm³/mol. The van der Waals surface area contributed by atoms with E-state index in [2.05, 4.69) is 15.3 Å². The lowest BCUT2D eigenvalue weighted by atomic mass is 10.2. The molecule has 1 aliphatic rings. The van der Waals surface area contributed by atoms with E-state index in [0.29, 0.717) is 41.2 Å². The van der Waals surface area contributed by atoms with Crippen molar-refractivity contribution in [3.63, 3.8) is 0 Å². The summed E-state index contributed by atoms with van der Waals surface area (Å²) in [6, 6.07) is 10.7. The summed E-state index contributed by atoms with van der Waals surface area (Å²) < 4.78 is 11.2. The number of nitrogens with zero attached hydrogens (tertiary/aromatic N) is 1. The van der Waals surface area contributed by atoms with Gasteiger partial charge in [0.2, 0.25) is 5.95 Å². The smallest absolute Gasteiger partial charge is 0.258 e. The lowest BCUT2D eigenvalue weighted by Crippen LogP contribution is -2.13. The van der Waals surface area contributed by atoms with E-state index in [1.165, 1.54) is 0 Å². The minimum atomic E-state index is -0.327. The molecule has 2 N–H and O–H groups in total. The number of H-pyrrole nitrogens is 1. The molecule has 4 rings (SSSR count). The molecule has 1 aromatic heterocycles. The summed E-state index contributed by atoms with van der Waals surface area (Å²) in [5, 5.41) is 3.09. The van der Waals surface area contributed by atoms with E-state index in [1.807, 2.05) is 24.3 Å². The highest BCUT2D eigenvalue weighted by molar-refractivity contribution is 6.32. The first kappa shape index (κ1) is 14.8. The molecule has 1 amide bonds. The van der Waals surface area contributed by atoms with Crippen LogP contribution in [0.2, 0.25) is 5.02 Å². The predicted octanol–water partition coefficient (Wildman–Crippen LogP) is 3.63. The van der Waals surface area contributed by atoms with Gasteiger partial charge in [-0.1, -0.05) is 23.7 Å². The van der Waals surface area contributed by atoms with Crippen molar-refractivity contribution >= 4 is 34.5 Å². The maximum Gasteiger partial charge on any atom is 0.258 e. The Morgan fingerprint density at radius 2 is 2.04 bits per heavy atom. The van der Waals surface area contributed by atoms with Gasteiger partial charge < -0.3 is 14.5 Å². The summed E-state index contributed by atoms with van der Waals surface area (Å²) in [4.78, 5) is 19.9. The Morgan fingerprint density at radius 1 is 1.21 bits per heavy atom. The van der Waals surface area contributed by atoms with Crippen molar-refractivity contribution in [2.75, 3.05) is 18.5 Å². The van der Waals surface area contributed by atoms with Crippen LogP contribution in [0, 0.1) is 0 Å². The second kappa shape index (κ2) is 6.05. The molecule has 2 heterocycles. The molecule has 122 valence electrons. The molecular formula is C17H14ClN3O3. The zero-order valence-electron chi connectivity index (χ0n) is 12.6. The average molecular weight is 344 g/mol. The van der Waals surface area contributed by atoms with Crippen LogP contribution < -0.4 is 14.8 Å². The van der Waals surface area contributed by atoms with E-state index in [9.17, 15) is 4.79 Å². The molecule has 0 aliphatic carbocycles. The Bertz CT molecular complexity index is 890. The fraction of sp³-hybridized carbons (Fsp3) is 0.176. The Labute approximate surface area is 142 Å². The maximum atomic E-state index is 12.5. The van der Waals surface area contributed by atoms with Gasteiger partial charge in [-0.15, -0.1) is 0 Å². The molecule has 0 fully saturated rings. The van der Waals surface area contributed by atoms with Crippen molar-refractivity contribution in [3.8, 4) is 11.5 Å². The third-order valence-electron chi connectivity index (χ3n) is 3.69. The Hall–Kier alpha value is -2.73.